The number of nitrogens with zero attached hydrogens (tertiary/aromatic N) is 2. The summed E-state index contributed by atoms with van der Waals surface area (Å²) in [6.07, 6.45) is 2.75. The number of nitrogens with one attached hydrogen (secondary N) is 1. The molecule has 0 saturated carbocycles. The zero-order valence-electron chi connectivity index (χ0n) is 11.3. The van der Waals surface area contributed by atoms with Gasteiger partial charge < -0.3 is 15.0 Å². The average molecular weight is 265 g/mol. The lowest BCUT2D eigenvalue weighted by atomic mass is 9.90. The van der Waals surface area contributed by atoms with Gasteiger partial charge in [0.25, 0.3) is 5.56 Å². The molecule has 0 radical (unpaired) electrons. The highest BCUT2D eigenvalue weighted by Gasteiger charge is 2.47. The van der Waals surface area contributed by atoms with Crippen LogP contribution in [0.15, 0.2) is 10.9 Å². The monoisotopic (exact) mass is 265 g/mol. The Morgan fingerprint density at radius 2 is 2.37 bits per heavy atom. The fourth-order valence-corrected chi connectivity index (χ4v) is 2.92. The fraction of sp³-hybridized carbons (Fsp3) is 0.615. The minimum atomic E-state index is -0.915. The molecular formula is C13H19N3O3. The molecule has 0 aromatic carbocycles. The largest absolute Gasteiger partial charge is 0.479 e. The van der Waals surface area contributed by atoms with Crippen LogP contribution in [0.2, 0.25) is 0 Å². The number of aliphatic carboxylic acids is 1. The summed E-state index contributed by atoms with van der Waals surface area (Å²) >= 11 is 0. The zero-order chi connectivity index (χ0) is 14.0. The van der Waals surface area contributed by atoms with Gasteiger partial charge in [-0.2, -0.15) is 0 Å². The number of hydrogen-bond donors (Lipinski definition) is 2. The van der Waals surface area contributed by atoms with Crippen molar-refractivity contribution in [3.05, 3.63) is 22.2 Å². The maximum atomic E-state index is 11.7. The van der Waals surface area contributed by atoms with Gasteiger partial charge in [0.1, 0.15) is 17.2 Å². The Morgan fingerprint density at radius 3 is 2.95 bits per heavy atom. The lowest BCUT2D eigenvalue weighted by molar-refractivity contribution is -0.143. The maximum Gasteiger partial charge on any atom is 0.329 e. The molecule has 1 aromatic rings. The topological polar surface area (TPSA) is 86.3 Å². The van der Waals surface area contributed by atoms with E-state index >= 15 is 0 Å². The molecule has 1 saturated heterocycles. The quantitative estimate of drug-likeness (QED) is 0.857. The van der Waals surface area contributed by atoms with E-state index in [4.69, 9.17) is 0 Å². The zero-order valence-corrected chi connectivity index (χ0v) is 11.3. The fourth-order valence-electron chi connectivity index (χ4n) is 2.92. The van der Waals surface area contributed by atoms with Crippen molar-refractivity contribution in [3.63, 3.8) is 0 Å². The summed E-state index contributed by atoms with van der Waals surface area (Å²) in [7, 11) is 0. The van der Waals surface area contributed by atoms with Crippen LogP contribution in [0.4, 0.5) is 5.82 Å². The Balaban J connectivity index is 2.46. The van der Waals surface area contributed by atoms with Gasteiger partial charge in [-0.15, -0.1) is 0 Å². The molecular weight excluding hydrogens is 246 g/mol. The Morgan fingerprint density at radius 1 is 1.63 bits per heavy atom. The van der Waals surface area contributed by atoms with Crippen molar-refractivity contribution >= 4 is 11.8 Å². The first-order valence-electron chi connectivity index (χ1n) is 6.58. The first-order chi connectivity index (χ1) is 8.99. The predicted octanol–water partition coefficient (Wildman–Crippen LogP) is 1.30. The number of hydrogen-bond acceptors (Lipinski definition) is 4. The van der Waals surface area contributed by atoms with Crippen molar-refractivity contribution in [2.75, 3.05) is 11.4 Å². The van der Waals surface area contributed by atoms with Gasteiger partial charge in [-0.1, -0.05) is 13.3 Å². The van der Waals surface area contributed by atoms with Crippen molar-refractivity contribution in [2.24, 2.45) is 0 Å². The Labute approximate surface area is 111 Å². The lowest BCUT2D eigenvalue weighted by Gasteiger charge is -2.35. The molecule has 0 aliphatic carbocycles. The Hall–Kier alpha value is -1.85. The van der Waals surface area contributed by atoms with Gasteiger partial charge >= 0.3 is 5.97 Å². The molecule has 1 fully saturated rings. The second-order valence-electron chi connectivity index (χ2n) is 5.03. The third-order valence-electron chi connectivity index (χ3n) is 3.67. The summed E-state index contributed by atoms with van der Waals surface area (Å²) < 4.78 is 0. The van der Waals surface area contributed by atoms with Crippen molar-refractivity contribution < 1.29 is 9.90 Å². The molecule has 0 amide bonds. The molecule has 2 N–H and O–H groups in total. The van der Waals surface area contributed by atoms with E-state index in [-0.39, 0.29) is 5.56 Å². The van der Waals surface area contributed by atoms with E-state index in [0.717, 1.165) is 12.8 Å². The van der Waals surface area contributed by atoms with Crippen LogP contribution < -0.4 is 10.5 Å². The molecule has 1 aromatic heterocycles. The third-order valence-corrected chi connectivity index (χ3v) is 3.67. The molecule has 1 unspecified atom stereocenters. The summed E-state index contributed by atoms with van der Waals surface area (Å²) in [5, 5.41) is 9.61. The highest BCUT2D eigenvalue weighted by atomic mass is 16.4. The SMILES string of the molecule is CCCC1(C(=O)O)CCCN1c1cc(=O)[nH]c(C)n1. The van der Waals surface area contributed by atoms with E-state index in [1.165, 1.54) is 6.07 Å². The number of anilines is 1. The molecule has 1 aliphatic heterocycles. The molecule has 0 bridgehead atoms. The second kappa shape index (κ2) is 5.03. The van der Waals surface area contributed by atoms with Crippen LogP contribution in [0.3, 0.4) is 0 Å². The van der Waals surface area contributed by atoms with Crippen LogP contribution in [0.5, 0.6) is 0 Å². The molecule has 2 heterocycles. The smallest absolute Gasteiger partial charge is 0.329 e. The molecule has 19 heavy (non-hydrogen) atoms. The second-order valence-corrected chi connectivity index (χ2v) is 5.03. The molecule has 2 rings (SSSR count). The van der Waals surface area contributed by atoms with Crippen LogP contribution in [-0.2, 0) is 4.79 Å². The van der Waals surface area contributed by atoms with Gasteiger partial charge in [-0.25, -0.2) is 9.78 Å². The van der Waals surface area contributed by atoms with E-state index in [9.17, 15) is 14.7 Å². The summed E-state index contributed by atoms with van der Waals surface area (Å²) in [6, 6.07) is 1.38. The number of aromatic nitrogens is 2. The van der Waals surface area contributed by atoms with Crippen molar-refractivity contribution in [2.45, 2.75) is 45.1 Å². The molecule has 6 nitrogen and oxygen atoms in total. The van der Waals surface area contributed by atoms with Crippen molar-refractivity contribution in [1.82, 2.24) is 9.97 Å². The molecule has 1 atom stereocenters. The van der Waals surface area contributed by atoms with Crippen LogP contribution >= 0.6 is 0 Å². The number of carbonyl (C=O) groups is 1. The summed E-state index contributed by atoms with van der Waals surface area (Å²) in [5.41, 5.74) is -1.16. The highest BCUT2D eigenvalue weighted by molar-refractivity contribution is 5.84. The lowest BCUT2D eigenvalue weighted by Crippen LogP contribution is -2.51. The first-order valence-corrected chi connectivity index (χ1v) is 6.58. The van der Waals surface area contributed by atoms with Crippen LogP contribution in [0.1, 0.15) is 38.4 Å². The molecule has 1 aliphatic rings. The van der Waals surface area contributed by atoms with E-state index < -0.39 is 11.5 Å². The normalized spacial score (nSPS) is 22.7. The van der Waals surface area contributed by atoms with Crippen LogP contribution in [-0.4, -0.2) is 33.1 Å². The van der Waals surface area contributed by atoms with Gasteiger partial charge in [0.05, 0.1) is 0 Å². The standard InChI is InChI=1S/C13H19N3O3/c1-3-5-13(12(18)19)6-4-7-16(13)10-8-11(17)15-9(2)14-10/h8H,3-7H2,1-2H3,(H,18,19)(H,14,15,17). The van der Waals surface area contributed by atoms with E-state index in [1.807, 2.05) is 6.92 Å². The molecule has 6 heteroatoms. The van der Waals surface area contributed by atoms with Crippen molar-refractivity contribution in [3.8, 4) is 0 Å². The summed E-state index contributed by atoms with van der Waals surface area (Å²) in [6.45, 7) is 4.29. The maximum absolute atomic E-state index is 11.7. The van der Waals surface area contributed by atoms with Crippen molar-refractivity contribution in [1.29, 1.82) is 0 Å². The summed E-state index contributed by atoms with van der Waals surface area (Å²) in [5.74, 6) is 0.145. The highest BCUT2D eigenvalue weighted by Crippen LogP contribution is 2.36. The number of rotatable bonds is 4. The van der Waals surface area contributed by atoms with E-state index in [2.05, 4.69) is 9.97 Å². The molecule has 104 valence electrons. The minimum absolute atomic E-state index is 0.245. The summed E-state index contributed by atoms with van der Waals surface area (Å²) in [4.78, 5) is 31.9. The number of H-pyrrole nitrogens is 1. The van der Waals surface area contributed by atoms with Gasteiger partial charge in [0, 0.05) is 12.6 Å². The van der Waals surface area contributed by atoms with E-state index in [0.29, 0.717) is 31.0 Å². The molecule has 0 spiro atoms. The number of aryl methyl sites for hydroxylation is 1. The minimum Gasteiger partial charge on any atom is -0.479 e. The third kappa shape index (κ3) is 2.34. The van der Waals surface area contributed by atoms with Crippen LogP contribution in [0, 0.1) is 6.92 Å². The van der Waals surface area contributed by atoms with Gasteiger partial charge in [-0.05, 0) is 26.2 Å². The van der Waals surface area contributed by atoms with Gasteiger partial charge in [0.15, 0.2) is 0 Å². The average Bonchev–Trinajstić information content (AvgIpc) is 2.73. The number of carboxylic acid groups (broad SMARTS) is 1. The van der Waals surface area contributed by atoms with Gasteiger partial charge in [-0.3, -0.25) is 4.79 Å². The van der Waals surface area contributed by atoms with E-state index in [1.54, 1.807) is 11.8 Å². The Kier molecular flexibility index (Phi) is 3.59. The first kappa shape index (κ1) is 13.6. The van der Waals surface area contributed by atoms with Crippen LogP contribution in [0.25, 0.3) is 0 Å². The number of carboxylic acids is 1. The Bertz CT molecular complexity index is 540. The predicted molar refractivity (Wildman–Crippen MR) is 71.4 cm³/mol. The number of aromatic amines is 1. The van der Waals surface area contributed by atoms with Gasteiger partial charge in [0.2, 0.25) is 0 Å².